The average Bonchev–Trinajstić information content (AvgIpc) is 2.14. The zero-order valence-corrected chi connectivity index (χ0v) is 12.0. The van der Waals surface area contributed by atoms with Gasteiger partial charge in [0.05, 0.1) is 6.04 Å². The summed E-state index contributed by atoms with van der Waals surface area (Å²) in [5, 5.41) is 3.01. The molecule has 0 spiro atoms. The lowest BCUT2D eigenvalue weighted by atomic mass is 9.86. The molecule has 1 unspecified atom stereocenters. The van der Waals surface area contributed by atoms with Gasteiger partial charge in [-0.1, -0.05) is 41.0 Å². The first-order valence-corrected chi connectivity index (χ1v) is 5.88. The van der Waals surface area contributed by atoms with E-state index in [0.29, 0.717) is 0 Å². The molecule has 0 fully saturated rings. The molecule has 0 bridgehead atoms. The van der Waals surface area contributed by atoms with Crippen LogP contribution in [0.2, 0.25) is 0 Å². The van der Waals surface area contributed by atoms with Crippen LogP contribution >= 0.6 is 12.4 Å². The van der Waals surface area contributed by atoms with Crippen molar-refractivity contribution in [1.29, 1.82) is 0 Å². The van der Waals surface area contributed by atoms with Crippen molar-refractivity contribution in [3.63, 3.8) is 0 Å². The molecule has 0 saturated carbocycles. The van der Waals surface area contributed by atoms with Crippen LogP contribution < -0.4 is 11.1 Å². The van der Waals surface area contributed by atoms with E-state index in [1.54, 1.807) is 0 Å². The zero-order chi connectivity index (χ0) is 12.1. The van der Waals surface area contributed by atoms with E-state index in [1.807, 2.05) is 20.8 Å². The van der Waals surface area contributed by atoms with Crippen LogP contribution in [0.15, 0.2) is 0 Å². The average molecular weight is 251 g/mol. The van der Waals surface area contributed by atoms with E-state index in [9.17, 15) is 4.79 Å². The fourth-order valence-corrected chi connectivity index (χ4v) is 1.41. The topological polar surface area (TPSA) is 55.1 Å². The van der Waals surface area contributed by atoms with Crippen molar-refractivity contribution in [3.8, 4) is 0 Å². The molecule has 0 saturated heterocycles. The monoisotopic (exact) mass is 250 g/mol. The van der Waals surface area contributed by atoms with Crippen molar-refractivity contribution in [2.24, 2.45) is 11.1 Å². The van der Waals surface area contributed by atoms with Crippen molar-refractivity contribution in [2.45, 2.75) is 66.0 Å². The van der Waals surface area contributed by atoms with E-state index < -0.39 is 6.04 Å². The Hall–Kier alpha value is -0.280. The molecule has 0 rings (SSSR count). The van der Waals surface area contributed by atoms with Crippen LogP contribution in [0.3, 0.4) is 0 Å². The van der Waals surface area contributed by atoms with Gasteiger partial charge in [0.25, 0.3) is 0 Å². The predicted molar refractivity (Wildman–Crippen MR) is 71.8 cm³/mol. The van der Waals surface area contributed by atoms with Gasteiger partial charge in [-0.2, -0.15) is 0 Å². The number of carbonyl (C=O) groups is 1. The lowest BCUT2D eigenvalue weighted by Gasteiger charge is -2.28. The first-order valence-electron chi connectivity index (χ1n) is 5.88. The van der Waals surface area contributed by atoms with Gasteiger partial charge < -0.3 is 11.1 Å². The Morgan fingerprint density at radius 3 is 2.12 bits per heavy atom. The summed E-state index contributed by atoms with van der Waals surface area (Å²) in [7, 11) is 0. The van der Waals surface area contributed by atoms with Crippen LogP contribution in [0.5, 0.6) is 0 Å². The van der Waals surface area contributed by atoms with E-state index in [-0.39, 0.29) is 29.8 Å². The number of nitrogens with two attached hydrogens (primary N) is 1. The summed E-state index contributed by atoms with van der Waals surface area (Å²) in [6.45, 7) is 10.2. The summed E-state index contributed by atoms with van der Waals surface area (Å²) in [5.74, 6) is -0.0252. The highest BCUT2D eigenvalue weighted by Gasteiger charge is 2.28. The van der Waals surface area contributed by atoms with Crippen LogP contribution in [-0.4, -0.2) is 18.0 Å². The van der Waals surface area contributed by atoms with Crippen molar-refractivity contribution < 1.29 is 4.79 Å². The smallest absolute Gasteiger partial charge is 0.237 e. The molecule has 0 heterocycles. The molecule has 0 aliphatic heterocycles. The maximum absolute atomic E-state index is 11.8. The van der Waals surface area contributed by atoms with Gasteiger partial charge in [0, 0.05) is 6.04 Å². The van der Waals surface area contributed by atoms with E-state index in [4.69, 9.17) is 5.73 Å². The third-order valence-corrected chi connectivity index (χ3v) is 2.69. The largest absolute Gasteiger partial charge is 0.352 e. The maximum Gasteiger partial charge on any atom is 0.237 e. The molecule has 1 amide bonds. The minimum absolute atomic E-state index is 0. The number of hydrogen-bond acceptors (Lipinski definition) is 2. The molecule has 4 heteroatoms. The minimum Gasteiger partial charge on any atom is -0.352 e. The Morgan fingerprint density at radius 2 is 1.81 bits per heavy atom. The predicted octanol–water partition coefficient (Wildman–Crippen LogP) is 2.48. The van der Waals surface area contributed by atoms with Gasteiger partial charge in [-0.25, -0.2) is 0 Å². The Kier molecular flexibility index (Phi) is 8.94. The quantitative estimate of drug-likeness (QED) is 0.788. The molecule has 98 valence electrons. The van der Waals surface area contributed by atoms with Gasteiger partial charge in [-0.05, 0) is 18.3 Å². The van der Waals surface area contributed by atoms with Gasteiger partial charge in [0.1, 0.15) is 0 Å². The van der Waals surface area contributed by atoms with Gasteiger partial charge >= 0.3 is 0 Å². The molecular formula is C12H27ClN2O. The van der Waals surface area contributed by atoms with Crippen molar-refractivity contribution in [2.75, 3.05) is 0 Å². The first-order chi connectivity index (χ1) is 6.82. The van der Waals surface area contributed by atoms with Gasteiger partial charge in [-0.15, -0.1) is 12.4 Å². The van der Waals surface area contributed by atoms with Crippen LogP contribution in [0.1, 0.15) is 53.9 Å². The van der Waals surface area contributed by atoms with Gasteiger partial charge in [0.15, 0.2) is 0 Å². The summed E-state index contributed by atoms with van der Waals surface area (Å²) in [4.78, 5) is 11.8. The molecule has 2 atom stereocenters. The Labute approximate surface area is 106 Å². The van der Waals surface area contributed by atoms with E-state index in [2.05, 4.69) is 19.2 Å². The molecular weight excluding hydrogens is 224 g/mol. The van der Waals surface area contributed by atoms with Gasteiger partial charge in [0.2, 0.25) is 5.91 Å². The second kappa shape index (κ2) is 7.91. The lowest BCUT2D eigenvalue weighted by Crippen LogP contribution is -2.51. The van der Waals surface area contributed by atoms with E-state index in [1.165, 1.54) is 0 Å². The zero-order valence-electron chi connectivity index (χ0n) is 11.2. The molecule has 0 aromatic rings. The van der Waals surface area contributed by atoms with Crippen LogP contribution in [0, 0.1) is 5.41 Å². The highest BCUT2D eigenvalue weighted by Crippen LogP contribution is 2.17. The third kappa shape index (κ3) is 6.33. The Morgan fingerprint density at radius 1 is 1.31 bits per heavy atom. The number of nitrogens with one attached hydrogen (secondary N) is 1. The van der Waals surface area contributed by atoms with E-state index >= 15 is 0 Å². The second-order valence-corrected chi connectivity index (χ2v) is 5.25. The Bertz CT molecular complexity index is 202. The maximum atomic E-state index is 11.8. The molecule has 0 aromatic carbocycles. The fourth-order valence-electron chi connectivity index (χ4n) is 1.41. The molecule has 0 aliphatic carbocycles. The summed E-state index contributed by atoms with van der Waals surface area (Å²) < 4.78 is 0. The summed E-state index contributed by atoms with van der Waals surface area (Å²) in [6, 6.07) is -0.153. The van der Waals surface area contributed by atoms with Crippen LogP contribution in [0.4, 0.5) is 0 Å². The molecule has 0 radical (unpaired) electrons. The summed E-state index contributed by atoms with van der Waals surface area (Å²) in [5.41, 5.74) is 5.71. The SMILES string of the molecule is CCCC(CC)NC(=O)[C@@H](N)C(C)(C)C.Cl. The molecule has 3 N–H and O–H groups in total. The van der Waals surface area contributed by atoms with Crippen LogP contribution in [0.25, 0.3) is 0 Å². The van der Waals surface area contributed by atoms with Crippen molar-refractivity contribution in [3.05, 3.63) is 0 Å². The fraction of sp³-hybridized carbons (Fsp3) is 0.917. The molecule has 0 aromatic heterocycles. The van der Waals surface area contributed by atoms with Crippen molar-refractivity contribution >= 4 is 18.3 Å². The summed E-state index contributed by atoms with van der Waals surface area (Å²) in [6.07, 6.45) is 3.08. The first kappa shape index (κ1) is 18.1. The number of carbonyl (C=O) groups excluding carboxylic acids is 1. The minimum atomic E-state index is -0.427. The van der Waals surface area contributed by atoms with Gasteiger partial charge in [-0.3, -0.25) is 4.79 Å². The molecule has 0 aliphatic rings. The second-order valence-electron chi connectivity index (χ2n) is 5.25. The molecule has 3 nitrogen and oxygen atoms in total. The highest BCUT2D eigenvalue weighted by molar-refractivity contribution is 5.85. The number of amides is 1. The third-order valence-electron chi connectivity index (χ3n) is 2.69. The van der Waals surface area contributed by atoms with Crippen molar-refractivity contribution in [1.82, 2.24) is 5.32 Å². The standard InChI is InChI=1S/C12H26N2O.ClH/c1-6-8-9(7-2)14-11(15)10(13)12(3,4)5;/h9-10H,6-8,13H2,1-5H3,(H,14,15);1H/t9?,10-;/m1./s1. The Balaban J connectivity index is 0. The number of hydrogen-bond donors (Lipinski definition) is 2. The summed E-state index contributed by atoms with van der Waals surface area (Å²) >= 11 is 0. The number of halogens is 1. The number of rotatable bonds is 5. The normalized spacial score (nSPS) is 14.9. The molecule has 16 heavy (non-hydrogen) atoms. The highest BCUT2D eigenvalue weighted by atomic mass is 35.5. The van der Waals surface area contributed by atoms with Crippen LogP contribution in [-0.2, 0) is 4.79 Å². The lowest BCUT2D eigenvalue weighted by molar-refractivity contribution is -0.125. The van der Waals surface area contributed by atoms with E-state index in [0.717, 1.165) is 19.3 Å².